The number of halogens is 1. The van der Waals surface area contributed by atoms with Gasteiger partial charge in [0.15, 0.2) is 5.65 Å². The summed E-state index contributed by atoms with van der Waals surface area (Å²) in [6.45, 7) is 3.14. The lowest BCUT2D eigenvalue weighted by Crippen LogP contribution is -2.34. The van der Waals surface area contributed by atoms with Crippen molar-refractivity contribution in [1.29, 1.82) is 0 Å². The van der Waals surface area contributed by atoms with Gasteiger partial charge in [0.1, 0.15) is 17.1 Å². The summed E-state index contributed by atoms with van der Waals surface area (Å²) in [7, 11) is 3.75. The van der Waals surface area contributed by atoms with Crippen LogP contribution in [0.3, 0.4) is 0 Å². The number of hydrogen-bond acceptors (Lipinski definition) is 5. The van der Waals surface area contributed by atoms with Crippen molar-refractivity contribution < 1.29 is 4.74 Å². The van der Waals surface area contributed by atoms with Crippen LogP contribution in [-0.2, 0) is 0 Å². The second kappa shape index (κ2) is 7.74. The molecule has 2 aromatic heterocycles. The van der Waals surface area contributed by atoms with Crippen molar-refractivity contribution in [1.82, 2.24) is 20.3 Å². The van der Waals surface area contributed by atoms with Gasteiger partial charge in [0.05, 0.1) is 24.0 Å². The molecule has 3 heterocycles. The van der Waals surface area contributed by atoms with Gasteiger partial charge < -0.3 is 19.9 Å². The van der Waals surface area contributed by atoms with Gasteiger partial charge >= 0.3 is 0 Å². The van der Waals surface area contributed by atoms with Crippen LogP contribution in [0.5, 0.6) is 5.75 Å². The van der Waals surface area contributed by atoms with Crippen LogP contribution in [-0.4, -0.2) is 48.7 Å². The van der Waals surface area contributed by atoms with Crippen LogP contribution in [0.2, 0.25) is 5.02 Å². The number of pyridine rings is 1. The molecule has 0 amide bonds. The number of anilines is 1. The zero-order chi connectivity index (χ0) is 18.8. The molecule has 1 saturated heterocycles. The highest BCUT2D eigenvalue weighted by Gasteiger charge is 2.20. The first kappa shape index (κ1) is 18.1. The molecule has 1 aromatic carbocycles. The number of benzene rings is 1. The van der Waals surface area contributed by atoms with E-state index in [2.05, 4.69) is 32.2 Å². The van der Waals surface area contributed by atoms with E-state index in [4.69, 9.17) is 16.3 Å². The zero-order valence-corrected chi connectivity index (χ0v) is 16.4. The molecule has 1 fully saturated rings. The first-order valence-corrected chi connectivity index (χ1v) is 9.64. The standard InChI is InChI=1S/C20H24ClN5O/c1-26(12-13-7-9-22-10-8-13)18-16(21)11-23-20-17(18)24-19(25-20)14-3-5-15(27-2)6-4-14/h3-6,11,13,22H,7-10,12H2,1-2H3,(H,23,24,25). The van der Waals surface area contributed by atoms with E-state index in [9.17, 15) is 0 Å². The minimum absolute atomic E-state index is 0.642. The molecule has 27 heavy (non-hydrogen) atoms. The van der Waals surface area contributed by atoms with E-state index in [1.165, 1.54) is 12.8 Å². The molecule has 0 radical (unpaired) electrons. The number of aromatic nitrogens is 3. The monoisotopic (exact) mass is 385 g/mol. The van der Waals surface area contributed by atoms with Gasteiger partial charge in [0.25, 0.3) is 0 Å². The predicted octanol–water partition coefficient (Wildman–Crippen LogP) is 3.72. The van der Waals surface area contributed by atoms with Crippen LogP contribution in [0.4, 0.5) is 5.69 Å². The summed E-state index contributed by atoms with van der Waals surface area (Å²) < 4.78 is 5.23. The highest BCUT2D eigenvalue weighted by atomic mass is 35.5. The minimum Gasteiger partial charge on any atom is -0.497 e. The lowest BCUT2D eigenvalue weighted by molar-refractivity contribution is 0.378. The largest absolute Gasteiger partial charge is 0.497 e. The molecule has 3 aromatic rings. The maximum atomic E-state index is 6.53. The van der Waals surface area contributed by atoms with Crippen LogP contribution in [0.15, 0.2) is 30.5 Å². The number of nitrogens with zero attached hydrogens (tertiary/aromatic N) is 3. The number of hydrogen-bond donors (Lipinski definition) is 2. The Kier molecular flexibility index (Phi) is 5.18. The van der Waals surface area contributed by atoms with Gasteiger partial charge in [-0.3, -0.25) is 0 Å². The third-order valence-corrected chi connectivity index (χ3v) is 5.46. The van der Waals surface area contributed by atoms with Crippen LogP contribution < -0.4 is 15.0 Å². The molecule has 7 heteroatoms. The van der Waals surface area contributed by atoms with Gasteiger partial charge in [-0.1, -0.05) is 11.6 Å². The highest BCUT2D eigenvalue weighted by molar-refractivity contribution is 6.34. The fraction of sp³-hybridized carbons (Fsp3) is 0.400. The van der Waals surface area contributed by atoms with Crippen LogP contribution in [0, 0.1) is 5.92 Å². The van der Waals surface area contributed by atoms with Gasteiger partial charge in [0.2, 0.25) is 0 Å². The summed E-state index contributed by atoms with van der Waals surface area (Å²) in [5.41, 5.74) is 3.51. The maximum absolute atomic E-state index is 6.53. The molecule has 0 unspecified atom stereocenters. The van der Waals surface area contributed by atoms with Gasteiger partial charge in [-0.2, -0.15) is 0 Å². The lowest BCUT2D eigenvalue weighted by Gasteiger charge is -2.29. The first-order chi connectivity index (χ1) is 13.2. The molecule has 142 valence electrons. The molecule has 0 bridgehead atoms. The van der Waals surface area contributed by atoms with Crippen molar-refractivity contribution in [2.45, 2.75) is 12.8 Å². The number of rotatable bonds is 5. The summed E-state index contributed by atoms with van der Waals surface area (Å²) in [6, 6.07) is 7.81. The Hall–Kier alpha value is -2.31. The molecular weight excluding hydrogens is 362 g/mol. The van der Waals surface area contributed by atoms with Crippen LogP contribution in [0.25, 0.3) is 22.6 Å². The van der Waals surface area contributed by atoms with Crippen molar-refractivity contribution in [2.75, 3.05) is 38.7 Å². The average molecular weight is 386 g/mol. The number of aromatic amines is 1. The minimum atomic E-state index is 0.642. The number of piperidine rings is 1. The average Bonchev–Trinajstić information content (AvgIpc) is 3.12. The molecule has 6 nitrogen and oxygen atoms in total. The smallest absolute Gasteiger partial charge is 0.180 e. The number of H-pyrrole nitrogens is 1. The van der Waals surface area contributed by atoms with Gasteiger partial charge in [-0.15, -0.1) is 0 Å². The Morgan fingerprint density at radius 2 is 1.96 bits per heavy atom. The second-order valence-corrected chi connectivity index (χ2v) is 7.45. The van der Waals surface area contributed by atoms with E-state index >= 15 is 0 Å². The molecule has 1 aliphatic heterocycles. The molecule has 0 spiro atoms. The van der Waals surface area contributed by atoms with E-state index in [0.717, 1.165) is 48.0 Å². The van der Waals surface area contributed by atoms with Crippen molar-refractivity contribution in [3.63, 3.8) is 0 Å². The number of fused-ring (bicyclic) bond motifs is 1. The molecule has 0 atom stereocenters. The Bertz CT molecular complexity index is 918. The third kappa shape index (κ3) is 3.73. The fourth-order valence-corrected chi connectivity index (χ4v) is 4.01. The topological polar surface area (TPSA) is 66.1 Å². The van der Waals surface area contributed by atoms with Crippen molar-refractivity contribution in [3.05, 3.63) is 35.5 Å². The van der Waals surface area contributed by atoms with E-state index < -0.39 is 0 Å². The summed E-state index contributed by atoms with van der Waals surface area (Å²) in [4.78, 5) is 14.7. The lowest BCUT2D eigenvalue weighted by atomic mass is 9.97. The summed E-state index contributed by atoms with van der Waals surface area (Å²) in [5, 5.41) is 4.06. The Morgan fingerprint density at radius 3 is 2.67 bits per heavy atom. The first-order valence-electron chi connectivity index (χ1n) is 9.26. The van der Waals surface area contributed by atoms with E-state index in [1.807, 2.05) is 24.3 Å². The Labute approximate surface area is 163 Å². The SMILES string of the molecule is COc1ccc(-c2nc3ncc(Cl)c(N(C)CC4CCNCC4)c3[nH]2)cc1. The number of ether oxygens (including phenoxy) is 1. The number of nitrogens with one attached hydrogen (secondary N) is 2. The maximum Gasteiger partial charge on any atom is 0.180 e. The van der Waals surface area contributed by atoms with Crippen molar-refractivity contribution >= 4 is 28.5 Å². The Balaban J connectivity index is 1.67. The third-order valence-electron chi connectivity index (χ3n) is 5.18. The summed E-state index contributed by atoms with van der Waals surface area (Å²) >= 11 is 6.53. The van der Waals surface area contributed by atoms with Gasteiger partial charge in [-0.25, -0.2) is 9.97 Å². The van der Waals surface area contributed by atoms with E-state index in [0.29, 0.717) is 16.6 Å². The van der Waals surface area contributed by atoms with Crippen molar-refractivity contribution in [2.24, 2.45) is 5.92 Å². The normalized spacial score (nSPS) is 15.2. The molecular formula is C20H24ClN5O. The molecule has 4 rings (SSSR count). The number of methoxy groups -OCH3 is 1. The Morgan fingerprint density at radius 1 is 1.22 bits per heavy atom. The van der Waals surface area contributed by atoms with Gasteiger partial charge in [0, 0.05) is 19.2 Å². The second-order valence-electron chi connectivity index (χ2n) is 7.04. The summed E-state index contributed by atoms with van der Waals surface area (Å²) in [6.07, 6.45) is 4.07. The summed E-state index contributed by atoms with van der Waals surface area (Å²) in [5.74, 6) is 2.26. The fourth-order valence-electron chi connectivity index (χ4n) is 3.72. The van der Waals surface area contributed by atoms with Gasteiger partial charge in [-0.05, 0) is 56.1 Å². The van der Waals surface area contributed by atoms with E-state index in [1.54, 1.807) is 13.3 Å². The zero-order valence-electron chi connectivity index (χ0n) is 15.6. The molecule has 1 aliphatic rings. The molecule has 2 N–H and O–H groups in total. The predicted molar refractivity (Wildman–Crippen MR) is 110 cm³/mol. The quantitative estimate of drug-likeness (QED) is 0.700. The van der Waals surface area contributed by atoms with Crippen LogP contribution in [0.1, 0.15) is 12.8 Å². The van der Waals surface area contributed by atoms with Crippen molar-refractivity contribution in [3.8, 4) is 17.1 Å². The van der Waals surface area contributed by atoms with E-state index in [-0.39, 0.29) is 0 Å². The molecule has 0 saturated carbocycles. The number of imidazole rings is 1. The highest BCUT2D eigenvalue weighted by Crippen LogP contribution is 2.34. The van der Waals surface area contributed by atoms with Crippen LogP contribution >= 0.6 is 11.6 Å². The molecule has 0 aliphatic carbocycles.